The van der Waals surface area contributed by atoms with Gasteiger partial charge in [-0.25, -0.2) is 4.79 Å². The third kappa shape index (κ3) is 4.82. The third-order valence-electron chi connectivity index (χ3n) is 3.14. The molecule has 0 fully saturated rings. The zero-order valence-electron chi connectivity index (χ0n) is 12.7. The van der Waals surface area contributed by atoms with Crippen LogP contribution in [0.25, 0.3) is 0 Å². The summed E-state index contributed by atoms with van der Waals surface area (Å²) in [6, 6.07) is 14.0. The van der Waals surface area contributed by atoms with Crippen LogP contribution in [0.1, 0.15) is 15.9 Å². The maximum absolute atomic E-state index is 11.8. The van der Waals surface area contributed by atoms with E-state index in [9.17, 15) is 14.7 Å². The summed E-state index contributed by atoms with van der Waals surface area (Å²) in [7, 11) is 1.23. The van der Waals surface area contributed by atoms with Crippen LogP contribution in [0.4, 0.5) is 5.69 Å². The summed E-state index contributed by atoms with van der Waals surface area (Å²) < 4.78 is 4.54. The lowest BCUT2D eigenvalue weighted by Gasteiger charge is -2.09. The number of benzene rings is 2. The lowest BCUT2D eigenvalue weighted by molar-refractivity contribution is -0.115. The summed E-state index contributed by atoms with van der Waals surface area (Å²) in [4.78, 5) is 23.2. The van der Waals surface area contributed by atoms with E-state index in [0.717, 1.165) is 5.56 Å². The molecule has 0 heterocycles. The number of esters is 1. The lowest BCUT2D eigenvalue weighted by atomic mass is 10.2. The molecule has 0 saturated carbocycles. The van der Waals surface area contributed by atoms with Gasteiger partial charge in [0.1, 0.15) is 11.3 Å². The van der Waals surface area contributed by atoms with Crippen molar-refractivity contribution in [1.82, 2.24) is 5.32 Å². The Hall–Kier alpha value is -2.86. The number of carbonyl (C=O) groups is 2. The van der Waals surface area contributed by atoms with Gasteiger partial charge in [0.2, 0.25) is 5.91 Å². The van der Waals surface area contributed by atoms with Crippen molar-refractivity contribution in [2.45, 2.75) is 6.54 Å². The first-order valence-electron chi connectivity index (χ1n) is 7.06. The summed E-state index contributed by atoms with van der Waals surface area (Å²) in [6.07, 6.45) is 0. The SMILES string of the molecule is COC(=O)c1ccc(NC(=O)CNCc2ccccc2)cc1O. The van der Waals surface area contributed by atoms with Gasteiger partial charge in [0.15, 0.2) is 0 Å². The smallest absolute Gasteiger partial charge is 0.341 e. The minimum absolute atomic E-state index is 0.0488. The monoisotopic (exact) mass is 314 g/mol. The largest absolute Gasteiger partial charge is 0.507 e. The standard InChI is InChI=1S/C17H18N2O4/c1-23-17(22)14-8-7-13(9-15(14)20)19-16(21)11-18-10-12-5-3-2-4-6-12/h2-9,18,20H,10-11H2,1H3,(H,19,21). The van der Waals surface area contributed by atoms with Gasteiger partial charge in [-0.15, -0.1) is 0 Å². The minimum Gasteiger partial charge on any atom is -0.507 e. The van der Waals surface area contributed by atoms with Crippen molar-refractivity contribution in [1.29, 1.82) is 0 Å². The number of carbonyl (C=O) groups excluding carboxylic acids is 2. The first kappa shape index (κ1) is 16.5. The van der Waals surface area contributed by atoms with Gasteiger partial charge in [-0.1, -0.05) is 30.3 Å². The fourth-order valence-electron chi connectivity index (χ4n) is 2.01. The summed E-state index contributed by atoms with van der Waals surface area (Å²) in [5.74, 6) is -1.12. The number of phenolic OH excluding ortho intramolecular Hbond substituents is 1. The zero-order valence-corrected chi connectivity index (χ0v) is 12.7. The summed E-state index contributed by atoms with van der Waals surface area (Å²) >= 11 is 0. The Labute approximate surface area is 134 Å². The Balaban J connectivity index is 1.85. The predicted octanol–water partition coefficient (Wildman–Crippen LogP) is 1.91. The number of rotatable bonds is 6. The van der Waals surface area contributed by atoms with Crippen LogP contribution < -0.4 is 10.6 Å². The van der Waals surface area contributed by atoms with Crippen molar-refractivity contribution in [3.05, 3.63) is 59.7 Å². The van der Waals surface area contributed by atoms with E-state index < -0.39 is 5.97 Å². The van der Waals surface area contributed by atoms with Gasteiger partial charge in [-0.05, 0) is 17.7 Å². The van der Waals surface area contributed by atoms with E-state index in [-0.39, 0.29) is 23.8 Å². The minimum atomic E-state index is -0.634. The molecule has 0 unspecified atom stereocenters. The highest BCUT2D eigenvalue weighted by atomic mass is 16.5. The average molecular weight is 314 g/mol. The molecule has 23 heavy (non-hydrogen) atoms. The molecule has 0 atom stereocenters. The Kier molecular flexibility index (Phi) is 5.71. The van der Waals surface area contributed by atoms with E-state index >= 15 is 0 Å². The number of hydrogen-bond donors (Lipinski definition) is 3. The highest BCUT2D eigenvalue weighted by Crippen LogP contribution is 2.22. The van der Waals surface area contributed by atoms with Gasteiger partial charge in [0.25, 0.3) is 0 Å². The molecule has 2 rings (SSSR count). The highest BCUT2D eigenvalue weighted by Gasteiger charge is 2.12. The van der Waals surface area contributed by atoms with Crippen LogP contribution >= 0.6 is 0 Å². The van der Waals surface area contributed by atoms with Crippen molar-refractivity contribution in [2.75, 3.05) is 19.0 Å². The number of anilines is 1. The number of amides is 1. The number of aromatic hydroxyl groups is 1. The Morgan fingerprint density at radius 2 is 1.87 bits per heavy atom. The molecule has 6 heteroatoms. The number of hydrogen-bond acceptors (Lipinski definition) is 5. The van der Waals surface area contributed by atoms with Crippen LogP contribution in [0, 0.1) is 0 Å². The molecule has 1 amide bonds. The van der Waals surface area contributed by atoms with Crippen molar-refractivity contribution in [2.24, 2.45) is 0 Å². The summed E-state index contributed by atoms with van der Waals surface area (Å²) in [5.41, 5.74) is 1.54. The van der Waals surface area contributed by atoms with Crippen LogP contribution in [0.2, 0.25) is 0 Å². The molecular formula is C17H18N2O4. The van der Waals surface area contributed by atoms with Gasteiger partial charge in [-0.2, -0.15) is 0 Å². The van der Waals surface area contributed by atoms with E-state index in [0.29, 0.717) is 12.2 Å². The molecule has 0 radical (unpaired) electrons. The van der Waals surface area contributed by atoms with Crippen molar-refractivity contribution >= 4 is 17.6 Å². The Morgan fingerprint density at radius 3 is 2.52 bits per heavy atom. The number of methoxy groups -OCH3 is 1. The van der Waals surface area contributed by atoms with E-state index in [2.05, 4.69) is 15.4 Å². The average Bonchev–Trinajstić information content (AvgIpc) is 2.55. The van der Waals surface area contributed by atoms with E-state index in [1.54, 1.807) is 0 Å². The van der Waals surface area contributed by atoms with Gasteiger partial charge in [-0.3, -0.25) is 4.79 Å². The number of nitrogens with one attached hydrogen (secondary N) is 2. The normalized spacial score (nSPS) is 10.1. The van der Waals surface area contributed by atoms with Crippen LogP contribution in [-0.4, -0.2) is 30.6 Å². The van der Waals surface area contributed by atoms with Crippen LogP contribution in [-0.2, 0) is 16.1 Å². The molecule has 0 aromatic heterocycles. The third-order valence-corrected chi connectivity index (χ3v) is 3.14. The van der Waals surface area contributed by atoms with Crippen molar-refractivity contribution in [3.63, 3.8) is 0 Å². The molecule has 120 valence electrons. The van der Waals surface area contributed by atoms with Gasteiger partial charge < -0.3 is 20.5 Å². The van der Waals surface area contributed by atoms with Crippen molar-refractivity contribution < 1.29 is 19.4 Å². The molecule has 0 aliphatic carbocycles. The Bertz CT molecular complexity index is 686. The first-order chi connectivity index (χ1) is 11.1. The molecule has 0 bridgehead atoms. The van der Waals surface area contributed by atoms with Crippen LogP contribution in [0.15, 0.2) is 48.5 Å². The molecule has 0 spiro atoms. The second-order valence-electron chi connectivity index (χ2n) is 4.86. The van der Waals surface area contributed by atoms with Crippen LogP contribution in [0.3, 0.4) is 0 Å². The lowest BCUT2D eigenvalue weighted by Crippen LogP contribution is -2.27. The van der Waals surface area contributed by atoms with Gasteiger partial charge in [0, 0.05) is 18.3 Å². The molecular weight excluding hydrogens is 296 g/mol. The quantitative estimate of drug-likeness (QED) is 0.709. The highest BCUT2D eigenvalue weighted by molar-refractivity contribution is 5.95. The fourth-order valence-corrected chi connectivity index (χ4v) is 2.01. The predicted molar refractivity (Wildman–Crippen MR) is 86.2 cm³/mol. The fraction of sp³-hybridized carbons (Fsp3) is 0.176. The molecule has 2 aromatic carbocycles. The molecule has 6 nitrogen and oxygen atoms in total. The maximum atomic E-state index is 11.8. The molecule has 0 aliphatic heterocycles. The summed E-state index contributed by atoms with van der Waals surface area (Å²) in [6.45, 7) is 0.717. The maximum Gasteiger partial charge on any atom is 0.341 e. The Morgan fingerprint density at radius 1 is 1.13 bits per heavy atom. The van der Waals surface area contributed by atoms with Crippen LogP contribution in [0.5, 0.6) is 5.75 Å². The first-order valence-corrected chi connectivity index (χ1v) is 7.06. The van der Waals surface area contributed by atoms with E-state index in [1.165, 1.54) is 25.3 Å². The molecule has 0 aliphatic rings. The van der Waals surface area contributed by atoms with Gasteiger partial charge in [0.05, 0.1) is 13.7 Å². The summed E-state index contributed by atoms with van der Waals surface area (Å²) in [5, 5.41) is 15.4. The second kappa shape index (κ2) is 7.95. The van der Waals surface area contributed by atoms with E-state index in [4.69, 9.17) is 0 Å². The second-order valence-corrected chi connectivity index (χ2v) is 4.86. The molecule has 3 N–H and O–H groups in total. The molecule has 0 saturated heterocycles. The number of ether oxygens (including phenoxy) is 1. The van der Waals surface area contributed by atoms with E-state index in [1.807, 2.05) is 30.3 Å². The topological polar surface area (TPSA) is 87.7 Å². The molecule has 2 aromatic rings. The zero-order chi connectivity index (χ0) is 16.7. The van der Waals surface area contributed by atoms with Gasteiger partial charge >= 0.3 is 5.97 Å². The van der Waals surface area contributed by atoms with Crippen molar-refractivity contribution in [3.8, 4) is 5.75 Å². The number of phenols is 1.